The van der Waals surface area contributed by atoms with Gasteiger partial charge < -0.3 is 5.32 Å². The summed E-state index contributed by atoms with van der Waals surface area (Å²) in [4.78, 5) is 14.7. The summed E-state index contributed by atoms with van der Waals surface area (Å²) in [6, 6.07) is 1.32. The molecule has 70 valence electrons. The van der Waals surface area contributed by atoms with Crippen molar-refractivity contribution in [2.75, 3.05) is 12.4 Å². The van der Waals surface area contributed by atoms with E-state index in [0.29, 0.717) is 12.4 Å². The van der Waals surface area contributed by atoms with Gasteiger partial charge in [0.05, 0.1) is 11.8 Å². The normalized spacial score (nSPS) is 9.69. The molecule has 3 nitrogen and oxygen atoms in total. The Balaban J connectivity index is 2.71. The molecule has 0 saturated carbocycles. The van der Waals surface area contributed by atoms with Crippen LogP contribution in [-0.2, 0) is 0 Å². The van der Waals surface area contributed by atoms with Crippen molar-refractivity contribution in [1.82, 2.24) is 10.3 Å². The van der Waals surface area contributed by atoms with Crippen molar-refractivity contribution in [3.8, 4) is 0 Å². The van der Waals surface area contributed by atoms with Crippen LogP contribution < -0.4 is 5.32 Å². The fourth-order valence-electron chi connectivity index (χ4n) is 0.815. The molecule has 1 aromatic heterocycles. The summed E-state index contributed by atoms with van der Waals surface area (Å²) < 4.78 is 12.9. The van der Waals surface area contributed by atoms with Crippen LogP contribution in [0.3, 0.4) is 0 Å². The van der Waals surface area contributed by atoms with Crippen molar-refractivity contribution < 1.29 is 9.18 Å². The van der Waals surface area contributed by atoms with Crippen LogP contribution in [0.1, 0.15) is 10.4 Å². The Morgan fingerprint density at radius 3 is 3.08 bits per heavy atom. The first kappa shape index (κ1) is 9.92. The minimum absolute atomic E-state index is 0.0138. The molecule has 0 aliphatic carbocycles. The highest BCUT2D eigenvalue weighted by molar-refractivity contribution is 6.18. The number of pyridine rings is 1. The zero-order valence-electron chi connectivity index (χ0n) is 6.76. The Morgan fingerprint density at radius 1 is 1.69 bits per heavy atom. The van der Waals surface area contributed by atoms with Crippen molar-refractivity contribution in [3.63, 3.8) is 0 Å². The van der Waals surface area contributed by atoms with Gasteiger partial charge in [-0.15, -0.1) is 11.6 Å². The van der Waals surface area contributed by atoms with Gasteiger partial charge in [0.2, 0.25) is 0 Å². The van der Waals surface area contributed by atoms with E-state index in [1.807, 2.05) is 0 Å². The summed E-state index contributed by atoms with van der Waals surface area (Å²) in [5, 5.41) is 2.45. The SMILES string of the molecule is O=C(NCCCl)c1ccncc1F. The number of carbonyl (C=O) groups is 1. The molecule has 0 aliphatic rings. The highest BCUT2D eigenvalue weighted by Crippen LogP contribution is 2.03. The van der Waals surface area contributed by atoms with Gasteiger partial charge in [-0.2, -0.15) is 0 Å². The Morgan fingerprint density at radius 2 is 2.46 bits per heavy atom. The van der Waals surface area contributed by atoms with Crippen LogP contribution in [0.15, 0.2) is 18.5 Å². The molecular formula is C8H8ClFN2O. The summed E-state index contributed by atoms with van der Waals surface area (Å²) >= 11 is 5.35. The van der Waals surface area contributed by atoms with Crippen molar-refractivity contribution in [2.45, 2.75) is 0 Å². The molecule has 1 N–H and O–H groups in total. The lowest BCUT2D eigenvalue weighted by atomic mass is 10.2. The fraction of sp³-hybridized carbons (Fsp3) is 0.250. The van der Waals surface area contributed by atoms with Gasteiger partial charge in [0.1, 0.15) is 0 Å². The number of nitrogens with one attached hydrogen (secondary N) is 1. The number of carbonyl (C=O) groups excluding carboxylic acids is 1. The van der Waals surface area contributed by atoms with Crippen LogP contribution in [0.25, 0.3) is 0 Å². The van der Waals surface area contributed by atoms with E-state index < -0.39 is 11.7 Å². The van der Waals surface area contributed by atoms with Gasteiger partial charge in [-0.3, -0.25) is 9.78 Å². The maximum absolute atomic E-state index is 12.9. The first-order valence-corrected chi connectivity index (χ1v) is 4.23. The summed E-state index contributed by atoms with van der Waals surface area (Å²) in [7, 11) is 0. The third-order valence-electron chi connectivity index (χ3n) is 1.40. The lowest BCUT2D eigenvalue weighted by Crippen LogP contribution is -2.26. The average Bonchev–Trinajstić information content (AvgIpc) is 2.15. The molecule has 0 aromatic carbocycles. The molecular weight excluding hydrogens is 195 g/mol. The van der Waals surface area contributed by atoms with Gasteiger partial charge in [0.15, 0.2) is 5.82 Å². The van der Waals surface area contributed by atoms with Crippen molar-refractivity contribution in [3.05, 3.63) is 29.8 Å². The van der Waals surface area contributed by atoms with Gasteiger partial charge in [-0.1, -0.05) is 0 Å². The minimum atomic E-state index is -0.630. The minimum Gasteiger partial charge on any atom is -0.351 e. The topological polar surface area (TPSA) is 42.0 Å². The van der Waals surface area contributed by atoms with Gasteiger partial charge in [0.25, 0.3) is 5.91 Å². The van der Waals surface area contributed by atoms with Crippen LogP contribution in [0.2, 0.25) is 0 Å². The van der Waals surface area contributed by atoms with E-state index in [1.165, 1.54) is 12.3 Å². The molecule has 1 rings (SSSR count). The molecule has 5 heteroatoms. The second-order valence-corrected chi connectivity index (χ2v) is 2.68. The van der Waals surface area contributed by atoms with E-state index in [-0.39, 0.29) is 5.56 Å². The van der Waals surface area contributed by atoms with Crippen LogP contribution in [0, 0.1) is 5.82 Å². The highest BCUT2D eigenvalue weighted by Gasteiger charge is 2.09. The molecule has 1 heterocycles. The van der Waals surface area contributed by atoms with E-state index in [1.54, 1.807) is 0 Å². The summed E-state index contributed by atoms with van der Waals surface area (Å²) in [5.41, 5.74) is -0.0138. The lowest BCUT2D eigenvalue weighted by molar-refractivity contribution is 0.0952. The molecule has 0 unspecified atom stereocenters. The van der Waals surface area contributed by atoms with Gasteiger partial charge in [0, 0.05) is 18.6 Å². The predicted octanol–water partition coefficient (Wildman–Crippen LogP) is 1.19. The number of hydrogen-bond donors (Lipinski definition) is 1. The summed E-state index contributed by atoms with van der Waals surface area (Å²) in [6.45, 7) is 0.322. The predicted molar refractivity (Wildman–Crippen MR) is 47.2 cm³/mol. The molecule has 0 bridgehead atoms. The van der Waals surface area contributed by atoms with E-state index in [0.717, 1.165) is 6.20 Å². The first-order valence-electron chi connectivity index (χ1n) is 3.69. The fourth-order valence-corrected chi connectivity index (χ4v) is 0.910. The van der Waals surface area contributed by atoms with E-state index in [2.05, 4.69) is 10.3 Å². The standard InChI is InChI=1S/C8H8ClFN2O/c9-2-4-12-8(13)6-1-3-11-5-7(6)10/h1,3,5H,2,4H2,(H,12,13). The molecule has 0 radical (unpaired) electrons. The number of nitrogens with zero attached hydrogens (tertiary/aromatic N) is 1. The van der Waals surface area contributed by atoms with Gasteiger partial charge in [-0.05, 0) is 6.07 Å². The zero-order valence-corrected chi connectivity index (χ0v) is 7.51. The smallest absolute Gasteiger partial charge is 0.254 e. The summed E-state index contributed by atoms with van der Waals surface area (Å²) in [5.74, 6) is -0.798. The van der Waals surface area contributed by atoms with Crippen molar-refractivity contribution >= 4 is 17.5 Å². The Hall–Kier alpha value is -1.16. The number of aromatic nitrogens is 1. The third kappa shape index (κ3) is 2.66. The largest absolute Gasteiger partial charge is 0.351 e. The average molecular weight is 203 g/mol. The molecule has 0 atom stereocenters. The Bertz CT molecular complexity index is 306. The second kappa shape index (κ2) is 4.77. The Kier molecular flexibility index (Phi) is 3.64. The highest BCUT2D eigenvalue weighted by atomic mass is 35.5. The molecule has 0 spiro atoms. The Labute approximate surface area is 79.9 Å². The zero-order chi connectivity index (χ0) is 9.68. The molecule has 1 amide bonds. The first-order chi connectivity index (χ1) is 6.25. The van der Waals surface area contributed by atoms with Crippen LogP contribution in [0.5, 0.6) is 0 Å². The van der Waals surface area contributed by atoms with E-state index >= 15 is 0 Å². The number of rotatable bonds is 3. The van der Waals surface area contributed by atoms with Crippen LogP contribution in [-0.4, -0.2) is 23.3 Å². The van der Waals surface area contributed by atoms with Crippen molar-refractivity contribution in [1.29, 1.82) is 0 Å². The van der Waals surface area contributed by atoms with E-state index in [4.69, 9.17) is 11.6 Å². The molecule has 1 aromatic rings. The van der Waals surface area contributed by atoms with E-state index in [9.17, 15) is 9.18 Å². The monoisotopic (exact) mass is 202 g/mol. The van der Waals surface area contributed by atoms with Crippen molar-refractivity contribution in [2.24, 2.45) is 0 Å². The third-order valence-corrected chi connectivity index (χ3v) is 1.59. The molecule has 0 fully saturated rings. The maximum atomic E-state index is 12.9. The summed E-state index contributed by atoms with van der Waals surface area (Å²) in [6.07, 6.45) is 2.36. The number of halogens is 2. The number of alkyl halides is 1. The van der Waals surface area contributed by atoms with Crippen LogP contribution in [0.4, 0.5) is 4.39 Å². The molecule has 0 aliphatic heterocycles. The van der Waals surface area contributed by atoms with Crippen LogP contribution >= 0.6 is 11.6 Å². The lowest BCUT2D eigenvalue weighted by Gasteiger charge is -2.02. The second-order valence-electron chi connectivity index (χ2n) is 2.30. The maximum Gasteiger partial charge on any atom is 0.254 e. The van der Waals surface area contributed by atoms with Gasteiger partial charge >= 0.3 is 0 Å². The molecule has 0 saturated heterocycles. The van der Waals surface area contributed by atoms with Gasteiger partial charge in [-0.25, -0.2) is 4.39 Å². The number of hydrogen-bond acceptors (Lipinski definition) is 2. The quantitative estimate of drug-likeness (QED) is 0.749. The number of amides is 1. The molecule has 13 heavy (non-hydrogen) atoms.